The van der Waals surface area contributed by atoms with Crippen LogP contribution in [0.5, 0.6) is 0 Å². The third-order valence-electron chi connectivity index (χ3n) is 5.85. The van der Waals surface area contributed by atoms with Gasteiger partial charge in [0.15, 0.2) is 0 Å². The third kappa shape index (κ3) is 4.64. The van der Waals surface area contributed by atoms with Crippen molar-refractivity contribution in [3.8, 4) is 0 Å². The summed E-state index contributed by atoms with van der Waals surface area (Å²) in [6.45, 7) is 12.8. The van der Waals surface area contributed by atoms with Crippen molar-refractivity contribution in [2.45, 2.75) is 53.1 Å². The number of hydrogen-bond donors (Lipinski definition) is 0. The van der Waals surface area contributed by atoms with Crippen LogP contribution in [0.25, 0.3) is 0 Å². The number of hydrogen-bond acceptors (Lipinski definition) is 3. The highest BCUT2D eigenvalue weighted by Crippen LogP contribution is 2.35. The molecule has 0 radical (unpaired) electrons. The molecule has 152 valence electrons. The molecule has 3 rings (SSSR count). The monoisotopic (exact) mass is 386 g/mol. The molecule has 2 unspecified atom stereocenters. The zero-order valence-corrected chi connectivity index (χ0v) is 17.5. The molecule has 5 heteroatoms. The van der Waals surface area contributed by atoms with E-state index in [2.05, 4.69) is 17.9 Å². The van der Waals surface area contributed by atoms with Crippen molar-refractivity contribution in [3.63, 3.8) is 0 Å². The van der Waals surface area contributed by atoms with Crippen molar-refractivity contribution < 1.29 is 13.6 Å². The lowest BCUT2D eigenvalue weighted by Gasteiger charge is -2.30. The van der Waals surface area contributed by atoms with Crippen LogP contribution in [-0.4, -0.2) is 41.4 Å². The van der Waals surface area contributed by atoms with E-state index in [1.807, 2.05) is 31.7 Å². The summed E-state index contributed by atoms with van der Waals surface area (Å²) >= 11 is 0. The number of likely N-dealkylation sites (tertiary alicyclic amines) is 1. The van der Waals surface area contributed by atoms with Crippen molar-refractivity contribution in [2.24, 2.45) is 5.92 Å². The van der Waals surface area contributed by atoms with Crippen molar-refractivity contribution in [1.29, 1.82) is 0 Å². The fraction of sp³-hybridized carbons (Fsp3) is 0.522. The van der Waals surface area contributed by atoms with E-state index >= 15 is 0 Å². The molecule has 1 aliphatic heterocycles. The maximum Gasteiger partial charge on any atom is 0.219 e. The molecule has 2 atom stereocenters. The van der Waals surface area contributed by atoms with Crippen molar-refractivity contribution in [2.75, 3.05) is 19.6 Å². The van der Waals surface area contributed by atoms with Gasteiger partial charge in [0.2, 0.25) is 5.91 Å². The van der Waals surface area contributed by atoms with Gasteiger partial charge >= 0.3 is 0 Å². The average Bonchev–Trinajstić information content (AvgIpc) is 3.15. The normalized spacial score (nSPS) is 20.1. The SMILES string of the molecule is CC(=O)N(CC1CN(Cc2cc(C)c(C)o2)CC1c1cccc(F)c1)C(C)C. The summed E-state index contributed by atoms with van der Waals surface area (Å²) in [4.78, 5) is 16.4. The standard InChI is InChI=1S/C23H31FN2O2/c1-15(2)26(18(5)27)12-20-11-25(13-22-9-16(3)17(4)28-22)14-23(20)19-7-6-8-21(24)10-19/h6-10,15,20,23H,11-14H2,1-5H3. The molecule has 1 aromatic heterocycles. The van der Waals surface area contributed by atoms with Crippen LogP contribution >= 0.6 is 0 Å². The molecule has 0 bridgehead atoms. The van der Waals surface area contributed by atoms with Gasteiger partial charge in [-0.15, -0.1) is 0 Å². The van der Waals surface area contributed by atoms with E-state index in [1.54, 1.807) is 19.1 Å². The Kier molecular flexibility index (Phi) is 6.23. The third-order valence-corrected chi connectivity index (χ3v) is 5.85. The predicted molar refractivity (Wildman–Crippen MR) is 109 cm³/mol. The summed E-state index contributed by atoms with van der Waals surface area (Å²) in [5.41, 5.74) is 2.17. The summed E-state index contributed by atoms with van der Waals surface area (Å²) in [6.07, 6.45) is 0. The Bertz CT molecular complexity index is 810. The molecule has 1 saturated heterocycles. The minimum absolute atomic E-state index is 0.0868. The molecule has 2 aromatic rings. The van der Waals surface area contributed by atoms with Crippen LogP contribution in [0.4, 0.5) is 4.39 Å². The summed E-state index contributed by atoms with van der Waals surface area (Å²) < 4.78 is 19.7. The van der Waals surface area contributed by atoms with Gasteiger partial charge in [-0.1, -0.05) is 12.1 Å². The summed E-state index contributed by atoms with van der Waals surface area (Å²) in [5, 5.41) is 0. The van der Waals surface area contributed by atoms with E-state index in [9.17, 15) is 9.18 Å². The minimum atomic E-state index is -0.209. The Morgan fingerprint density at radius 3 is 2.61 bits per heavy atom. The Balaban J connectivity index is 1.82. The summed E-state index contributed by atoms with van der Waals surface area (Å²) in [6, 6.07) is 9.13. The van der Waals surface area contributed by atoms with E-state index in [-0.39, 0.29) is 29.6 Å². The Morgan fingerprint density at radius 1 is 1.29 bits per heavy atom. The molecule has 1 amide bonds. The molecule has 2 heterocycles. The molecular formula is C23H31FN2O2. The molecule has 28 heavy (non-hydrogen) atoms. The number of furan rings is 1. The van der Waals surface area contributed by atoms with E-state index in [0.717, 1.165) is 42.3 Å². The van der Waals surface area contributed by atoms with Gasteiger partial charge in [0.1, 0.15) is 17.3 Å². The molecule has 0 spiro atoms. The smallest absolute Gasteiger partial charge is 0.219 e. The topological polar surface area (TPSA) is 36.7 Å². The van der Waals surface area contributed by atoms with Gasteiger partial charge in [-0.2, -0.15) is 0 Å². The van der Waals surface area contributed by atoms with Gasteiger partial charge in [0, 0.05) is 38.5 Å². The summed E-state index contributed by atoms with van der Waals surface area (Å²) in [7, 11) is 0. The van der Waals surface area contributed by atoms with Crippen LogP contribution in [-0.2, 0) is 11.3 Å². The van der Waals surface area contributed by atoms with E-state index in [4.69, 9.17) is 4.42 Å². The average molecular weight is 387 g/mol. The molecule has 1 fully saturated rings. The van der Waals surface area contributed by atoms with Gasteiger partial charge in [-0.3, -0.25) is 9.69 Å². The number of amides is 1. The quantitative estimate of drug-likeness (QED) is 0.733. The van der Waals surface area contributed by atoms with Crippen LogP contribution in [0.2, 0.25) is 0 Å². The summed E-state index contributed by atoms with van der Waals surface area (Å²) in [5.74, 6) is 2.23. The van der Waals surface area contributed by atoms with E-state index < -0.39 is 0 Å². The maximum absolute atomic E-state index is 13.9. The van der Waals surface area contributed by atoms with E-state index in [1.165, 1.54) is 6.07 Å². The van der Waals surface area contributed by atoms with Crippen LogP contribution in [0.1, 0.15) is 49.3 Å². The van der Waals surface area contributed by atoms with Crippen LogP contribution in [0.3, 0.4) is 0 Å². The first-order chi connectivity index (χ1) is 13.2. The van der Waals surface area contributed by atoms with Gasteiger partial charge < -0.3 is 9.32 Å². The highest BCUT2D eigenvalue weighted by Gasteiger charge is 2.36. The van der Waals surface area contributed by atoms with Crippen LogP contribution < -0.4 is 0 Å². The first kappa shape index (κ1) is 20.6. The Hall–Kier alpha value is -2.14. The number of benzene rings is 1. The largest absolute Gasteiger partial charge is 0.465 e. The Morgan fingerprint density at radius 2 is 2.04 bits per heavy atom. The number of nitrogens with zero attached hydrogens (tertiary/aromatic N) is 2. The minimum Gasteiger partial charge on any atom is -0.465 e. The fourth-order valence-corrected chi connectivity index (χ4v) is 4.29. The molecule has 1 aliphatic rings. The lowest BCUT2D eigenvalue weighted by atomic mass is 9.88. The van der Waals surface area contributed by atoms with Gasteiger partial charge in [-0.25, -0.2) is 4.39 Å². The number of halogens is 1. The van der Waals surface area contributed by atoms with Gasteiger partial charge in [0.25, 0.3) is 0 Å². The number of aryl methyl sites for hydroxylation is 2. The second-order valence-corrected chi connectivity index (χ2v) is 8.33. The van der Waals surface area contributed by atoms with Crippen molar-refractivity contribution in [1.82, 2.24) is 9.80 Å². The molecule has 1 aromatic carbocycles. The fourth-order valence-electron chi connectivity index (χ4n) is 4.29. The zero-order chi connectivity index (χ0) is 20.4. The number of carbonyl (C=O) groups excluding carboxylic acids is 1. The molecule has 0 saturated carbocycles. The predicted octanol–water partition coefficient (Wildman–Crippen LogP) is 4.51. The second kappa shape index (κ2) is 8.48. The molecule has 0 N–H and O–H groups in total. The van der Waals surface area contributed by atoms with Gasteiger partial charge in [0.05, 0.1) is 6.54 Å². The maximum atomic E-state index is 13.9. The van der Waals surface area contributed by atoms with Gasteiger partial charge in [-0.05, 0) is 62.9 Å². The number of carbonyl (C=O) groups is 1. The lowest BCUT2D eigenvalue weighted by Crippen LogP contribution is -2.40. The molecular weight excluding hydrogens is 355 g/mol. The Labute approximate surface area is 167 Å². The highest BCUT2D eigenvalue weighted by molar-refractivity contribution is 5.73. The molecule has 4 nitrogen and oxygen atoms in total. The second-order valence-electron chi connectivity index (χ2n) is 8.33. The van der Waals surface area contributed by atoms with Crippen molar-refractivity contribution in [3.05, 3.63) is 58.8 Å². The zero-order valence-electron chi connectivity index (χ0n) is 17.5. The number of rotatable bonds is 6. The van der Waals surface area contributed by atoms with Crippen LogP contribution in [0.15, 0.2) is 34.7 Å². The first-order valence-electron chi connectivity index (χ1n) is 10.1. The lowest BCUT2D eigenvalue weighted by molar-refractivity contribution is -0.131. The highest BCUT2D eigenvalue weighted by atomic mass is 19.1. The van der Waals surface area contributed by atoms with Crippen LogP contribution in [0, 0.1) is 25.6 Å². The first-order valence-corrected chi connectivity index (χ1v) is 10.1. The molecule has 0 aliphatic carbocycles. The van der Waals surface area contributed by atoms with Crippen molar-refractivity contribution >= 4 is 5.91 Å². The van der Waals surface area contributed by atoms with E-state index in [0.29, 0.717) is 6.54 Å².